The first-order chi connectivity index (χ1) is 9.70. The molecular formula is C18H24N2. The minimum Gasteiger partial charge on any atom is -0.310 e. The largest absolute Gasteiger partial charge is 0.310 e. The topological polar surface area (TPSA) is 24.9 Å². The molecule has 0 saturated heterocycles. The Morgan fingerprint density at radius 1 is 1.10 bits per heavy atom. The van der Waals surface area contributed by atoms with Crippen LogP contribution in [0.25, 0.3) is 0 Å². The number of hydrogen-bond acceptors (Lipinski definition) is 2. The maximum absolute atomic E-state index is 4.28. The number of hydrogen-bond donors (Lipinski definition) is 1. The minimum absolute atomic E-state index is 0.384. The van der Waals surface area contributed by atoms with E-state index in [-0.39, 0.29) is 0 Å². The van der Waals surface area contributed by atoms with Crippen LogP contribution < -0.4 is 5.32 Å². The van der Waals surface area contributed by atoms with Crippen molar-refractivity contribution in [3.8, 4) is 0 Å². The van der Waals surface area contributed by atoms with E-state index in [1.54, 1.807) is 0 Å². The molecule has 1 aromatic heterocycles. The summed E-state index contributed by atoms with van der Waals surface area (Å²) in [5.74, 6) is 0. The molecule has 20 heavy (non-hydrogen) atoms. The molecule has 2 nitrogen and oxygen atoms in total. The second kappa shape index (κ2) is 7.20. The number of pyridine rings is 1. The van der Waals surface area contributed by atoms with Gasteiger partial charge in [0, 0.05) is 18.4 Å². The molecule has 1 N–H and O–H groups in total. The van der Waals surface area contributed by atoms with Gasteiger partial charge in [0.15, 0.2) is 0 Å². The van der Waals surface area contributed by atoms with Gasteiger partial charge in [0.25, 0.3) is 0 Å². The van der Waals surface area contributed by atoms with E-state index in [2.05, 4.69) is 61.4 Å². The van der Waals surface area contributed by atoms with E-state index in [0.29, 0.717) is 6.04 Å². The summed E-state index contributed by atoms with van der Waals surface area (Å²) in [6, 6.07) is 11.3. The van der Waals surface area contributed by atoms with Crippen LogP contribution in [0.4, 0.5) is 0 Å². The summed E-state index contributed by atoms with van der Waals surface area (Å²) in [5, 5.41) is 3.58. The van der Waals surface area contributed by atoms with Crippen LogP contribution in [0.2, 0.25) is 0 Å². The molecule has 0 fully saturated rings. The molecule has 1 unspecified atom stereocenters. The normalized spacial score (nSPS) is 12.3. The first kappa shape index (κ1) is 14.7. The lowest BCUT2D eigenvalue weighted by Crippen LogP contribution is -2.22. The van der Waals surface area contributed by atoms with Crippen LogP contribution in [0.3, 0.4) is 0 Å². The van der Waals surface area contributed by atoms with Gasteiger partial charge in [-0.2, -0.15) is 0 Å². The van der Waals surface area contributed by atoms with Crippen LogP contribution in [0.1, 0.15) is 41.6 Å². The second-order valence-electron chi connectivity index (χ2n) is 5.37. The standard InChI is InChI=1S/C18H24N2/c1-4-20-18(17-13-19-12-11-15(17)3)10-9-16-7-5-14(2)6-8-16/h5-8,11-13,18,20H,4,9-10H2,1-3H3. The molecule has 1 aromatic carbocycles. The first-order valence-electron chi connectivity index (χ1n) is 7.40. The van der Waals surface area contributed by atoms with Crippen molar-refractivity contribution in [2.45, 2.75) is 39.7 Å². The third-order valence-corrected chi connectivity index (χ3v) is 3.75. The van der Waals surface area contributed by atoms with E-state index in [1.165, 1.54) is 22.3 Å². The van der Waals surface area contributed by atoms with Gasteiger partial charge >= 0.3 is 0 Å². The molecule has 1 heterocycles. The van der Waals surface area contributed by atoms with E-state index >= 15 is 0 Å². The van der Waals surface area contributed by atoms with Crippen molar-refractivity contribution >= 4 is 0 Å². The van der Waals surface area contributed by atoms with E-state index in [0.717, 1.165) is 19.4 Å². The van der Waals surface area contributed by atoms with Crippen LogP contribution in [0, 0.1) is 13.8 Å². The highest BCUT2D eigenvalue weighted by Crippen LogP contribution is 2.21. The Bertz CT molecular complexity index is 531. The molecule has 0 radical (unpaired) electrons. The molecule has 0 spiro atoms. The highest BCUT2D eigenvalue weighted by Gasteiger charge is 2.12. The van der Waals surface area contributed by atoms with Crippen molar-refractivity contribution in [3.05, 3.63) is 65.0 Å². The van der Waals surface area contributed by atoms with E-state index < -0.39 is 0 Å². The summed E-state index contributed by atoms with van der Waals surface area (Å²) >= 11 is 0. The quantitative estimate of drug-likeness (QED) is 0.857. The van der Waals surface area contributed by atoms with Gasteiger partial charge in [-0.05, 0) is 56.0 Å². The van der Waals surface area contributed by atoms with Crippen molar-refractivity contribution in [1.82, 2.24) is 10.3 Å². The van der Waals surface area contributed by atoms with Gasteiger partial charge in [0.1, 0.15) is 0 Å². The lowest BCUT2D eigenvalue weighted by molar-refractivity contribution is 0.512. The smallest absolute Gasteiger partial charge is 0.0341 e. The first-order valence-corrected chi connectivity index (χ1v) is 7.40. The molecule has 0 aliphatic heterocycles. The van der Waals surface area contributed by atoms with Gasteiger partial charge in [0.2, 0.25) is 0 Å². The van der Waals surface area contributed by atoms with Crippen molar-refractivity contribution < 1.29 is 0 Å². The Balaban J connectivity index is 2.06. The zero-order valence-corrected chi connectivity index (χ0v) is 12.7. The third kappa shape index (κ3) is 3.91. The average molecular weight is 268 g/mol. The molecule has 0 amide bonds. The predicted molar refractivity (Wildman–Crippen MR) is 84.9 cm³/mol. The number of benzene rings is 1. The molecule has 0 bridgehead atoms. The number of aryl methyl sites for hydroxylation is 3. The third-order valence-electron chi connectivity index (χ3n) is 3.75. The second-order valence-corrected chi connectivity index (χ2v) is 5.37. The Hall–Kier alpha value is -1.67. The van der Waals surface area contributed by atoms with Crippen molar-refractivity contribution in [1.29, 1.82) is 0 Å². The minimum atomic E-state index is 0.384. The van der Waals surface area contributed by atoms with Crippen LogP contribution in [-0.4, -0.2) is 11.5 Å². The van der Waals surface area contributed by atoms with Crippen molar-refractivity contribution in [3.63, 3.8) is 0 Å². The Morgan fingerprint density at radius 2 is 1.85 bits per heavy atom. The van der Waals surface area contributed by atoms with Crippen molar-refractivity contribution in [2.75, 3.05) is 6.54 Å². The maximum atomic E-state index is 4.28. The zero-order valence-electron chi connectivity index (χ0n) is 12.7. The summed E-state index contributed by atoms with van der Waals surface area (Å²) in [4.78, 5) is 4.28. The van der Waals surface area contributed by atoms with Crippen LogP contribution >= 0.6 is 0 Å². The fraction of sp³-hybridized carbons (Fsp3) is 0.389. The number of rotatable bonds is 6. The van der Waals surface area contributed by atoms with Crippen molar-refractivity contribution in [2.24, 2.45) is 0 Å². The molecule has 106 valence electrons. The van der Waals surface area contributed by atoms with Crippen LogP contribution in [-0.2, 0) is 6.42 Å². The van der Waals surface area contributed by atoms with Crippen LogP contribution in [0.5, 0.6) is 0 Å². The molecule has 0 saturated carbocycles. The van der Waals surface area contributed by atoms with Crippen LogP contribution in [0.15, 0.2) is 42.7 Å². The summed E-state index contributed by atoms with van der Waals surface area (Å²) in [6.07, 6.45) is 6.05. The zero-order chi connectivity index (χ0) is 14.4. The van der Waals surface area contributed by atoms with Gasteiger partial charge in [0.05, 0.1) is 0 Å². The molecule has 2 rings (SSSR count). The van der Waals surface area contributed by atoms with Gasteiger partial charge in [-0.3, -0.25) is 4.98 Å². The van der Waals surface area contributed by atoms with E-state index in [4.69, 9.17) is 0 Å². The SMILES string of the molecule is CCNC(CCc1ccc(C)cc1)c1cnccc1C. The highest BCUT2D eigenvalue weighted by atomic mass is 14.9. The predicted octanol–water partition coefficient (Wildman–Crippen LogP) is 3.98. The Kier molecular flexibility index (Phi) is 5.31. The van der Waals surface area contributed by atoms with Gasteiger partial charge < -0.3 is 5.32 Å². The number of nitrogens with one attached hydrogen (secondary N) is 1. The van der Waals surface area contributed by atoms with Gasteiger partial charge in [-0.25, -0.2) is 0 Å². The lowest BCUT2D eigenvalue weighted by Gasteiger charge is -2.20. The number of aromatic nitrogens is 1. The molecule has 2 aromatic rings. The monoisotopic (exact) mass is 268 g/mol. The molecular weight excluding hydrogens is 244 g/mol. The fourth-order valence-corrected chi connectivity index (χ4v) is 2.52. The highest BCUT2D eigenvalue weighted by molar-refractivity contribution is 5.26. The molecule has 1 atom stereocenters. The summed E-state index contributed by atoms with van der Waals surface area (Å²) in [6.45, 7) is 7.43. The Labute approximate surface area is 122 Å². The average Bonchev–Trinajstić information content (AvgIpc) is 2.46. The summed E-state index contributed by atoms with van der Waals surface area (Å²) in [7, 11) is 0. The lowest BCUT2D eigenvalue weighted by atomic mass is 9.97. The van der Waals surface area contributed by atoms with Gasteiger partial charge in [-0.1, -0.05) is 36.8 Å². The molecule has 2 heteroatoms. The molecule has 0 aliphatic rings. The maximum Gasteiger partial charge on any atom is 0.0341 e. The van der Waals surface area contributed by atoms with E-state index in [1.807, 2.05) is 12.4 Å². The fourth-order valence-electron chi connectivity index (χ4n) is 2.52. The number of nitrogens with zero attached hydrogens (tertiary/aromatic N) is 1. The molecule has 0 aliphatic carbocycles. The van der Waals surface area contributed by atoms with Gasteiger partial charge in [-0.15, -0.1) is 0 Å². The summed E-state index contributed by atoms with van der Waals surface area (Å²) in [5.41, 5.74) is 5.36. The Morgan fingerprint density at radius 3 is 2.50 bits per heavy atom. The summed E-state index contributed by atoms with van der Waals surface area (Å²) < 4.78 is 0. The van der Waals surface area contributed by atoms with E-state index in [9.17, 15) is 0 Å².